The number of rotatable bonds is 2. The highest BCUT2D eigenvalue weighted by molar-refractivity contribution is 6.32. The number of aliphatic hydroxyl groups excluding tert-OH is 1. The van der Waals surface area contributed by atoms with E-state index in [4.69, 9.17) is 11.6 Å². The number of amides is 2. The maximum Gasteiger partial charge on any atom is 0.319 e. The third-order valence-electron chi connectivity index (χ3n) is 3.05. The first-order valence-electron chi connectivity index (χ1n) is 6.03. The molecule has 2 rings (SSSR count). The summed E-state index contributed by atoms with van der Waals surface area (Å²) in [6.07, 6.45) is 4.66. The summed E-state index contributed by atoms with van der Waals surface area (Å²) in [6.45, 7) is 0. The molecule has 0 bridgehead atoms. The van der Waals surface area contributed by atoms with Crippen LogP contribution in [-0.4, -0.2) is 28.3 Å². The summed E-state index contributed by atoms with van der Waals surface area (Å²) in [5.41, 5.74) is 0.460. The molecule has 1 saturated carbocycles. The van der Waals surface area contributed by atoms with Crippen LogP contribution in [0, 0.1) is 0 Å². The molecule has 0 aromatic carbocycles. The molecule has 18 heavy (non-hydrogen) atoms. The number of carbonyl (C=O) groups is 1. The van der Waals surface area contributed by atoms with Gasteiger partial charge in [0.15, 0.2) is 5.15 Å². The summed E-state index contributed by atoms with van der Waals surface area (Å²) in [6, 6.07) is 2.81. The van der Waals surface area contributed by atoms with Gasteiger partial charge in [-0.05, 0) is 25.0 Å². The topological polar surface area (TPSA) is 74.2 Å². The highest BCUT2D eigenvalue weighted by Crippen LogP contribution is 2.20. The van der Waals surface area contributed by atoms with E-state index in [-0.39, 0.29) is 17.2 Å². The van der Waals surface area contributed by atoms with E-state index in [1.54, 1.807) is 18.3 Å². The van der Waals surface area contributed by atoms with Crippen LogP contribution >= 0.6 is 11.6 Å². The predicted octanol–water partition coefficient (Wildman–Crippen LogP) is 2.16. The lowest BCUT2D eigenvalue weighted by Gasteiger charge is -2.28. The van der Waals surface area contributed by atoms with E-state index in [2.05, 4.69) is 15.6 Å². The summed E-state index contributed by atoms with van der Waals surface area (Å²) in [5.74, 6) is 0. The van der Waals surface area contributed by atoms with Crippen molar-refractivity contribution in [1.82, 2.24) is 10.3 Å². The summed E-state index contributed by atoms with van der Waals surface area (Å²) in [4.78, 5) is 15.6. The first-order valence-corrected chi connectivity index (χ1v) is 6.40. The van der Waals surface area contributed by atoms with E-state index < -0.39 is 6.10 Å². The lowest BCUT2D eigenvalue weighted by atomic mass is 9.93. The zero-order valence-corrected chi connectivity index (χ0v) is 10.7. The van der Waals surface area contributed by atoms with Crippen LogP contribution in [0.4, 0.5) is 10.5 Å². The molecule has 1 aromatic rings. The monoisotopic (exact) mass is 269 g/mol. The van der Waals surface area contributed by atoms with Gasteiger partial charge in [0.1, 0.15) is 0 Å². The fourth-order valence-electron chi connectivity index (χ4n) is 2.09. The smallest absolute Gasteiger partial charge is 0.319 e. The van der Waals surface area contributed by atoms with Gasteiger partial charge in [-0.3, -0.25) is 0 Å². The Kier molecular flexibility index (Phi) is 4.38. The Morgan fingerprint density at radius 3 is 2.94 bits per heavy atom. The third kappa shape index (κ3) is 3.34. The first kappa shape index (κ1) is 13.1. The number of nitrogens with one attached hydrogen (secondary N) is 2. The van der Waals surface area contributed by atoms with Crippen LogP contribution < -0.4 is 10.6 Å². The van der Waals surface area contributed by atoms with Crippen molar-refractivity contribution >= 4 is 23.3 Å². The van der Waals surface area contributed by atoms with E-state index in [0.717, 1.165) is 25.7 Å². The zero-order valence-electron chi connectivity index (χ0n) is 9.90. The quantitative estimate of drug-likeness (QED) is 0.720. The average Bonchev–Trinajstić information content (AvgIpc) is 2.35. The van der Waals surface area contributed by atoms with Crippen molar-refractivity contribution in [2.45, 2.75) is 37.8 Å². The minimum absolute atomic E-state index is 0.186. The Balaban J connectivity index is 1.90. The van der Waals surface area contributed by atoms with Gasteiger partial charge in [-0.2, -0.15) is 0 Å². The number of aliphatic hydroxyl groups is 1. The van der Waals surface area contributed by atoms with Gasteiger partial charge < -0.3 is 15.7 Å². The van der Waals surface area contributed by atoms with Crippen molar-refractivity contribution in [1.29, 1.82) is 0 Å². The first-order chi connectivity index (χ1) is 8.66. The van der Waals surface area contributed by atoms with Crippen LogP contribution in [-0.2, 0) is 0 Å². The van der Waals surface area contributed by atoms with Crippen LogP contribution in [0.25, 0.3) is 0 Å². The highest BCUT2D eigenvalue weighted by Gasteiger charge is 2.24. The molecule has 98 valence electrons. The second-order valence-corrected chi connectivity index (χ2v) is 4.76. The molecule has 0 saturated heterocycles. The molecule has 0 spiro atoms. The Morgan fingerprint density at radius 2 is 2.22 bits per heavy atom. The number of aromatic nitrogens is 1. The van der Waals surface area contributed by atoms with Gasteiger partial charge in [-0.1, -0.05) is 24.4 Å². The van der Waals surface area contributed by atoms with Gasteiger partial charge in [-0.15, -0.1) is 0 Å². The van der Waals surface area contributed by atoms with Crippen molar-refractivity contribution in [3.05, 3.63) is 23.5 Å². The Bertz CT molecular complexity index is 428. The Morgan fingerprint density at radius 1 is 1.44 bits per heavy atom. The molecule has 1 aliphatic rings. The molecule has 2 unspecified atom stereocenters. The van der Waals surface area contributed by atoms with E-state index in [1.807, 2.05) is 0 Å². The van der Waals surface area contributed by atoms with Crippen LogP contribution in [0.15, 0.2) is 18.3 Å². The number of carbonyl (C=O) groups excluding carboxylic acids is 1. The lowest BCUT2D eigenvalue weighted by Crippen LogP contribution is -2.46. The fourth-order valence-corrected chi connectivity index (χ4v) is 2.25. The van der Waals surface area contributed by atoms with Crippen molar-refractivity contribution in [3.63, 3.8) is 0 Å². The molecule has 1 aliphatic carbocycles. The molecule has 6 heteroatoms. The molecule has 0 aliphatic heterocycles. The van der Waals surface area contributed by atoms with E-state index in [0.29, 0.717) is 5.69 Å². The predicted molar refractivity (Wildman–Crippen MR) is 69.7 cm³/mol. The molecule has 1 aromatic heterocycles. The van der Waals surface area contributed by atoms with Gasteiger partial charge in [0, 0.05) is 6.20 Å². The summed E-state index contributed by atoms with van der Waals surface area (Å²) >= 11 is 5.84. The van der Waals surface area contributed by atoms with E-state index >= 15 is 0 Å². The van der Waals surface area contributed by atoms with Crippen LogP contribution in [0.1, 0.15) is 25.7 Å². The minimum Gasteiger partial charge on any atom is -0.391 e. The molecule has 1 heterocycles. The maximum absolute atomic E-state index is 11.8. The molecule has 0 radical (unpaired) electrons. The van der Waals surface area contributed by atoms with Crippen LogP contribution in [0.3, 0.4) is 0 Å². The number of anilines is 1. The molecule has 1 fully saturated rings. The van der Waals surface area contributed by atoms with Gasteiger partial charge >= 0.3 is 6.03 Å². The Labute approximate surface area is 111 Å². The lowest BCUT2D eigenvalue weighted by molar-refractivity contribution is 0.0955. The highest BCUT2D eigenvalue weighted by atomic mass is 35.5. The number of pyridine rings is 1. The molecule has 5 nitrogen and oxygen atoms in total. The number of hydrogen-bond donors (Lipinski definition) is 3. The summed E-state index contributed by atoms with van der Waals surface area (Å²) < 4.78 is 0. The number of nitrogens with zero attached hydrogens (tertiary/aromatic N) is 1. The second-order valence-electron chi connectivity index (χ2n) is 4.40. The zero-order chi connectivity index (χ0) is 13.0. The van der Waals surface area contributed by atoms with Crippen molar-refractivity contribution < 1.29 is 9.90 Å². The summed E-state index contributed by atoms with van der Waals surface area (Å²) in [7, 11) is 0. The SMILES string of the molecule is O=C(Nc1cccnc1Cl)NC1CCCCC1O. The van der Waals surface area contributed by atoms with Gasteiger partial charge in [0.05, 0.1) is 17.8 Å². The maximum atomic E-state index is 11.8. The molecule has 2 amide bonds. The average molecular weight is 270 g/mol. The summed E-state index contributed by atoms with van der Waals surface area (Å²) in [5, 5.41) is 15.4. The standard InChI is InChI=1S/C12H16ClN3O2/c13-11-9(5-3-7-14-11)16-12(18)15-8-4-1-2-6-10(8)17/h3,5,7-8,10,17H,1-2,4,6H2,(H2,15,16,18). The largest absolute Gasteiger partial charge is 0.391 e. The van der Waals surface area contributed by atoms with Crippen molar-refractivity contribution in [2.75, 3.05) is 5.32 Å². The van der Waals surface area contributed by atoms with Crippen LogP contribution in [0.2, 0.25) is 5.15 Å². The Hall–Kier alpha value is -1.33. The van der Waals surface area contributed by atoms with Gasteiger partial charge in [0.2, 0.25) is 0 Å². The van der Waals surface area contributed by atoms with Crippen molar-refractivity contribution in [2.24, 2.45) is 0 Å². The number of hydrogen-bond acceptors (Lipinski definition) is 3. The van der Waals surface area contributed by atoms with E-state index in [1.165, 1.54) is 0 Å². The van der Waals surface area contributed by atoms with Gasteiger partial charge in [0.25, 0.3) is 0 Å². The number of halogens is 1. The number of urea groups is 1. The molecule has 2 atom stereocenters. The second kappa shape index (κ2) is 6.02. The van der Waals surface area contributed by atoms with E-state index in [9.17, 15) is 9.90 Å². The fraction of sp³-hybridized carbons (Fsp3) is 0.500. The van der Waals surface area contributed by atoms with Crippen LogP contribution in [0.5, 0.6) is 0 Å². The normalized spacial score (nSPS) is 23.4. The van der Waals surface area contributed by atoms with Crippen molar-refractivity contribution in [3.8, 4) is 0 Å². The third-order valence-corrected chi connectivity index (χ3v) is 3.35. The van der Waals surface area contributed by atoms with Gasteiger partial charge in [-0.25, -0.2) is 9.78 Å². The minimum atomic E-state index is -0.464. The molecule has 3 N–H and O–H groups in total. The molecular formula is C12H16ClN3O2. The molecular weight excluding hydrogens is 254 g/mol.